The van der Waals surface area contributed by atoms with Gasteiger partial charge in [-0.15, -0.1) is 0 Å². The van der Waals surface area contributed by atoms with Crippen molar-refractivity contribution in [1.29, 1.82) is 0 Å². The Kier molecular flexibility index (Phi) is 5.16. The number of rotatable bonds is 6. The molecule has 0 bridgehead atoms. The molecule has 0 unspecified atom stereocenters. The lowest BCUT2D eigenvalue weighted by molar-refractivity contribution is -0.121. The van der Waals surface area contributed by atoms with Gasteiger partial charge in [0.1, 0.15) is 0 Å². The van der Waals surface area contributed by atoms with E-state index in [4.69, 9.17) is 5.11 Å². The van der Waals surface area contributed by atoms with Crippen molar-refractivity contribution in [2.45, 2.75) is 38.5 Å². The zero-order valence-corrected chi connectivity index (χ0v) is 11.6. The van der Waals surface area contributed by atoms with E-state index in [0.717, 1.165) is 18.4 Å². The van der Waals surface area contributed by atoms with Gasteiger partial charge in [-0.1, -0.05) is 31.0 Å². The molecule has 0 aliphatic heterocycles. The number of amides is 1. The van der Waals surface area contributed by atoms with Crippen LogP contribution < -0.4 is 5.32 Å². The summed E-state index contributed by atoms with van der Waals surface area (Å²) in [5, 5.41) is 12.0. The van der Waals surface area contributed by atoms with Crippen LogP contribution in [0.2, 0.25) is 0 Å². The SMILES string of the molecule is O=C(CC1CCCC1)NCCc1ccccc1C(=O)O. The second-order valence-corrected chi connectivity index (χ2v) is 5.42. The summed E-state index contributed by atoms with van der Waals surface area (Å²) in [4.78, 5) is 22.8. The highest BCUT2D eigenvalue weighted by molar-refractivity contribution is 5.89. The normalized spacial score (nSPS) is 15.2. The Morgan fingerprint density at radius 2 is 1.90 bits per heavy atom. The van der Waals surface area contributed by atoms with Crippen LogP contribution in [0.5, 0.6) is 0 Å². The largest absolute Gasteiger partial charge is 0.478 e. The van der Waals surface area contributed by atoms with Crippen molar-refractivity contribution in [1.82, 2.24) is 5.32 Å². The lowest BCUT2D eigenvalue weighted by Crippen LogP contribution is -2.27. The number of carbonyl (C=O) groups excluding carboxylic acids is 1. The highest BCUT2D eigenvalue weighted by atomic mass is 16.4. The molecule has 1 amide bonds. The van der Waals surface area contributed by atoms with E-state index in [-0.39, 0.29) is 5.91 Å². The molecule has 0 spiro atoms. The molecule has 1 fully saturated rings. The number of carbonyl (C=O) groups is 2. The molecule has 4 nitrogen and oxygen atoms in total. The van der Waals surface area contributed by atoms with Gasteiger partial charge in [-0.25, -0.2) is 4.79 Å². The minimum Gasteiger partial charge on any atom is -0.478 e. The summed E-state index contributed by atoms with van der Waals surface area (Å²) in [6.45, 7) is 0.496. The van der Waals surface area contributed by atoms with Crippen LogP contribution in [0.15, 0.2) is 24.3 Å². The van der Waals surface area contributed by atoms with Crippen molar-refractivity contribution < 1.29 is 14.7 Å². The van der Waals surface area contributed by atoms with Crippen LogP contribution in [0, 0.1) is 5.92 Å². The molecular formula is C16H21NO3. The summed E-state index contributed by atoms with van der Waals surface area (Å²) in [6, 6.07) is 6.93. The maximum atomic E-state index is 11.8. The molecule has 0 radical (unpaired) electrons. The quantitative estimate of drug-likeness (QED) is 0.838. The Balaban J connectivity index is 1.78. The predicted molar refractivity (Wildman–Crippen MR) is 76.7 cm³/mol. The van der Waals surface area contributed by atoms with Crippen molar-refractivity contribution in [3.8, 4) is 0 Å². The van der Waals surface area contributed by atoms with Crippen LogP contribution in [0.4, 0.5) is 0 Å². The molecule has 4 heteroatoms. The maximum absolute atomic E-state index is 11.8. The summed E-state index contributed by atoms with van der Waals surface area (Å²) in [6.07, 6.45) is 5.97. The molecule has 0 atom stereocenters. The van der Waals surface area contributed by atoms with Crippen molar-refractivity contribution in [3.05, 3.63) is 35.4 Å². The van der Waals surface area contributed by atoms with E-state index in [2.05, 4.69) is 5.32 Å². The lowest BCUT2D eigenvalue weighted by atomic mass is 10.0. The first-order valence-corrected chi connectivity index (χ1v) is 7.24. The highest BCUT2D eigenvalue weighted by Crippen LogP contribution is 2.27. The average molecular weight is 275 g/mol. The second-order valence-electron chi connectivity index (χ2n) is 5.42. The molecule has 1 aromatic rings. The molecule has 0 heterocycles. The maximum Gasteiger partial charge on any atom is 0.335 e. The van der Waals surface area contributed by atoms with E-state index < -0.39 is 5.97 Å². The van der Waals surface area contributed by atoms with E-state index in [0.29, 0.717) is 30.9 Å². The molecule has 0 aromatic heterocycles. The Hall–Kier alpha value is -1.84. The molecule has 0 saturated heterocycles. The zero-order valence-electron chi connectivity index (χ0n) is 11.6. The molecule has 1 aliphatic carbocycles. The van der Waals surface area contributed by atoms with Gasteiger partial charge < -0.3 is 10.4 Å². The molecule has 2 rings (SSSR count). The van der Waals surface area contributed by atoms with E-state index in [1.54, 1.807) is 18.2 Å². The second kappa shape index (κ2) is 7.08. The van der Waals surface area contributed by atoms with Crippen LogP contribution in [0.3, 0.4) is 0 Å². The fourth-order valence-electron chi connectivity index (χ4n) is 2.83. The Morgan fingerprint density at radius 1 is 1.20 bits per heavy atom. The first kappa shape index (κ1) is 14.6. The van der Waals surface area contributed by atoms with E-state index >= 15 is 0 Å². The number of hydrogen-bond donors (Lipinski definition) is 2. The third kappa shape index (κ3) is 4.08. The van der Waals surface area contributed by atoms with Crippen molar-refractivity contribution in [2.24, 2.45) is 5.92 Å². The summed E-state index contributed by atoms with van der Waals surface area (Å²) in [5.74, 6) is -0.288. The van der Waals surface area contributed by atoms with Gasteiger partial charge in [0.15, 0.2) is 0 Å². The van der Waals surface area contributed by atoms with Gasteiger partial charge >= 0.3 is 5.97 Å². The van der Waals surface area contributed by atoms with Gasteiger partial charge in [0.2, 0.25) is 5.91 Å². The van der Waals surface area contributed by atoms with E-state index in [1.807, 2.05) is 6.07 Å². The van der Waals surface area contributed by atoms with E-state index in [1.165, 1.54) is 12.8 Å². The topological polar surface area (TPSA) is 66.4 Å². The first-order chi connectivity index (χ1) is 9.66. The van der Waals surface area contributed by atoms with Gasteiger partial charge in [0.05, 0.1) is 5.56 Å². The number of carboxylic acids is 1. The smallest absolute Gasteiger partial charge is 0.335 e. The van der Waals surface area contributed by atoms with Crippen molar-refractivity contribution >= 4 is 11.9 Å². The number of hydrogen-bond acceptors (Lipinski definition) is 2. The lowest BCUT2D eigenvalue weighted by Gasteiger charge is -2.10. The first-order valence-electron chi connectivity index (χ1n) is 7.24. The summed E-state index contributed by atoms with van der Waals surface area (Å²) in [7, 11) is 0. The number of benzene rings is 1. The standard InChI is InChI=1S/C16H21NO3/c18-15(11-12-5-1-2-6-12)17-10-9-13-7-3-4-8-14(13)16(19)20/h3-4,7-8,12H,1-2,5-6,9-11H2,(H,17,18)(H,19,20). The van der Waals surface area contributed by atoms with Crippen LogP contribution in [-0.4, -0.2) is 23.5 Å². The van der Waals surface area contributed by atoms with Gasteiger partial charge in [-0.05, 0) is 36.8 Å². The van der Waals surface area contributed by atoms with Crippen molar-refractivity contribution in [3.63, 3.8) is 0 Å². The fraction of sp³-hybridized carbons (Fsp3) is 0.500. The van der Waals surface area contributed by atoms with Gasteiger partial charge in [0.25, 0.3) is 0 Å². The Labute approximate surface area is 119 Å². The molecule has 2 N–H and O–H groups in total. The average Bonchev–Trinajstić information content (AvgIpc) is 2.92. The summed E-state index contributed by atoms with van der Waals surface area (Å²) in [5.41, 5.74) is 1.08. The molecule has 1 saturated carbocycles. The van der Waals surface area contributed by atoms with Crippen LogP contribution in [0.25, 0.3) is 0 Å². The van der Waals surface area contributed by atoms with Gasteiger partial charge in [-0.3, -0.25) is 4.79 Å². The van der Waals surface area contributed by atoms with Gasteiger partial charge in [-0.2, -0.15) is 0 Å². The van der Waals surface area contributed by atoms with Crippen molar-refractivity contribution in [2.75, 3.05) is 6.54 Å². The Bertz CT molecular complexity index is 478. The summed E-state index contributed by atoms with van der Waals surface area (Å²) < 4.78 is 0. The zero-order chi connectivity index (χ0) is 14.4. The molecular weight excluding hydrogens is 254 g/mol. The number of carboxylic acid groups (broad SMARTS) is 1. The minimum atomic E-state index is -0.919. The van der Waals surface area contributed by atoms with Gasteiger partial charge in [0, 0.05) is 13.0 Å². The van der Waals surface area contributed by atoms with Crippen LogP contribution in [-0.2, 0) is 11.2 Å². The fourth-order valence-corrected chi connectivity index (χ4v) is 2.83. The van der Waals surface area contributed by atoms with E-state index in [9.17, 15) is 9.59 Å². The Morgan fingerprint density at radius 3 is 2.60 bits per heavy atom. The number of aromatic carboxylic acids is 1. The molecule has 20 heavy (non-hydrogen) atoms. The number of nitrogens with one attached hydrogen (secondary N) is 1. The minimum absolute atomic E-state index is 0.0877. The van der Waals surface area contributed by atoms with Crippen LogP contribution in [0.1, 0.15) is 48.0 Å². The predicted octanol–water partition coefficient (Wildman–Crippen LogP) is 2.62. The molecule has 1 aliphatic rings. The summed E-state index contributed by atoms with van der Waals surface area (Å²) >= 11 is 0. The molecule has 108 valence electrons. The third-order valence-electron chi connectivity index (χ3n) is 3.91. The highest BCUT2D eigenvalue weighted by Gasteiger charge is 2.18. The monoisotopic (exact) mass is 275 g/mol. The molecule has 1 aromatic carbocycles. The third-order valence-corrected chi connectivity index (χ3v) is 3.91. The van der Waals surface area contributed by atoms with Crippen LogP contribution >= 0.6 is 0 Å².